The fraction of sp³-hybridized carbons (Fsp3) is 0.261. The molecule has 2 atom stereocenters. The van der Waals surface area contributed by atoms with Gasteiger partial charge >= 0.3 is 6.61 Å². The number of rotatable bonds is 5. The van der Waals surface area contributed by atoms with Crippen molar-refractivity contribution >= 4 is 24.0 Å². The van der Waals surface area contributed by atoms with Gasteiger partial charge in [-0.1, -0.05) is 35.9 Å². The lowest BCUT2D eigenvalue weighted by Gasteiger charge is -2.41. The van der Waals surface area contributed by atoms with Crippen LogP contribution in [0.5, 0.6) is 5.75 Å². The number of nitrogens with one attached hydrogen (secondary N) is 1. The lowest BCUT2D eigenvalue weighted by molar-refractivity contribution is -0.0931. The number of halogens is 4. The quantitative estimate of drug-likeness (QED) is 0.508. The molecule has 1 aliphatic rings. The molecule has 1 aliphatic heterocycles. The molecule has 5 nitrogen and oxygen atoms in total. The summed E-state index contributed by atoms with van der Waals surface area (Å²) in [7, 11) is 0. The van der Waals surface area contributed by atoms with E-state index in [1.165, 1.54) is 6.07 Å². The first-order valence-corrected chi connectivity index (χ1v) is 10.2. The second-order valence-electron chi connectivity index (χ2n) is 7.42. The standard InChI is InChI=1S/C23H22ClF2N3O2.ClH/c1-14-9-18(6-7-19(14)30-22(25)26)23(13-28-12-21(27)31-23)17-4-2-3-15(10-17)16-5-8-20(24)29-11-16;/h2-11,21-22,28H,12-13,27H2,1H3;1H. The number of nitrogens with zero attached hydrogens (tertiary/aromatic N) is 1. The Morgan fingerprint density at radius 3 is 2.59 bits per heavy atom. The van der Waals surface area contributed by atoms with E-state index in [1.807, 2.05) is 30.3 Å². The fourth-order valence-corrected chi connectivity index (χ4v) is 3.98. The van der Waals surface area contributed by atoms with Crippen LogP contribution in [-0.2, 0) is 10.3 Å². The summed E-state index contributed by atoms with van der Waals surface area (Å²) in [5, 5.41) is 3.74. The van der Waals surface area contributed by atoms with Crippen LogP contribution in [0.15, 0.2) is 60.8 Å². The summed E-state index contributed by atoms with van der Waals surface area (Å²) >= 11 is 5.92. The monoisotopic (exact) mass is 481 g/mol. The number of ether oxygens (including phenoxy) is 2. The van der Waals surface area contributed by atoms with Gasteiger partial charge in [-0.2, -0.15) is 8.78 Å². The van der Waals surface area contributed by atoms with Crippen LogP contribution in [0.3, 0.4) is 0 Å². The molecule has 2 unspecified atom stereocenters. The van der Waals surface area contributed by atoms with Gasteiger partial charge in [0.25, 0.3) is 0 Å². The number of pyridine rings is 1. The number of hydrogen-bond donors (Lipinski definition) is 2. The molecule has 0 saturated carbocycles. The molecule has 9 heteroatoms. The predicted molar refractivity (Wildman–Crippen MR) is 122 cm³/mol. The summed E-state index contributed by atoms with van der Waals surface area (Å²) < 4.78 is 36.3. The van der Waals surface area contributed by atoms with Crippen LogP contribution in [0.25, 0.3) is 11.1 Å². The lowest BCUT2D eigenvalue weighted by Crippen LogP contribution is -2.55. The van der Waals surface area contributed by atoms with Crippen LogP contribution < -0.4 is 15.8 Å². The third kappa shape index (κ3) is 5.03. The molecule has 1 saturated heterocycles. The average molecular weight is 482 g/mol. The number of morpholine rings is 1. The van der Waals surface area contributed by atoms with E-state index < -0.39 is 18.4 Å². The van der Waals surface area contributed by atoms with Gasteiger partial charge in [0, 0.05) is 24.8 Å². The molecule has 1 aromatic heterocycles. The first kappa shape index (κ1) is 24.4. The zero-order chi connectivity index (χ0) is 22.0. The molecule has 1 fully saturated rings. The van der Waals surface area contributed by atoms with Crippen molar-refractivity contribution in [3.63, 3.8) is 0 Å². The Morgan fingerprint density at radius 1 is 1.16 bits per heavy atom. The highest BCUT2D eigenvalue weighted by molar-refractivity contribution is 6.29. The molecule has 170 valence electrons. The van der Waals surface area contributed by atoms with Gasteiger partial charge < -0.3 is 20.5 Å². The maximum atomic E-state index is 12.7. The van der Waals surface area contributed by atoms with Gasteiger partial charge in [-0.25, -0.2) is 4.98 Å². The topological polar surface area (TPSA) is 69.4 Å². The van der Waals surface area contributed by atoms with Gasteiger partial charge in [0.1, 0.15) is 22.7 Å². The third-order valence-electron chi connectivity index (χ3n) is 5.32. The Hall–Kier alpha value is -2.29. The molecule has 2 heterocycles. The van der Waals surface area contributed by atoms with Gasteiger partial charge in [0.2, 0.25) is 0 Å². The molecule has 0 bridgehead atoms. The maximum Gasteiger partial charge on any atom is 0.387 e. The van der Waals surface area contributed by atoms with Crippen molar-refractivity contribution in [1.29, 1.82) is 0 Å². The summed E-state index contributed by atoms with van der Waals surface area (Å²) in [6.45, 7) is -0.184. The number of benzene rings is 2. The zero-order valence-electron chi connectivity index (χ0n) is 17.2. The normalized spacial score (nSPS) is 20.6. The average Bonchev–Trinajstić information content (AvgIpc) is 2.75. The Balaban J connectivity index is 0.00000289. The molecular formula is C23H23Cl2F2N3O2. The van der Waals surface area contributed by atoms with E-state index >= 15 is 0 Å². The van der Waals surface area contributed by atoms with Crippen LogP contribution in [0.1, 0.15) is 16.7 Å². The summed E-state index contributed by atoms with van der Waals surface area (Å²) in [4.78, 5) is 4.16. The van der Waals surface area contributed by atoms with Gasteiger partial charge in [0.15, 0.2) is 0 Å². The molecule has 32 heavy (non-hydrogen) atoms. The van der Waals surface area contributed by atoms with Gasteiger partial charge in [-0.15, -0.1) is 12.4 Å². The van der Waals surface area contributed by atoms with Crippen molar-refractivity contribution < 1.29 is 18.3 Å². The minimum absolute atomic E-state index is 0. The van der Waals surface area contributed by atoms with E-state index in [9.17, 15) is 8.78 Å². The van der Waals surface area contributed by atoms with E-state index in [-0.39, 0.29) is 18.2 Å². The smallest absolute Gasteiger partial charge is 0.387 e. The van der Waals surface area contributed by atoms with Crippen molar-refractivity contribution in [2.24, 2.45) is 5.73 Å². The van der Waals surface area contributed by atoms with E-state index in [0.717, 1.165) is 22.3 Å². The highest BCUT2D eigenvalue weighted by Crippen LogP contribution is 2.39. The summed E-state index contributed by atoms with van der Waals surface area (Å²) in [5.74, 6) is 0.128. The van der Waals surface area contributed by atoms with Gasteiger partial charge in [-0.05, 0) is 59.5 Å². The number of hydrogen-bond acceptors (Lipinski definition) is 5. The lowest BCUT2D eigenvalue weighted by atomic mass is 9.83. The summed E-state index contributed by atoms with van der Waals surface area (Å²) in [6.07, 6.45) is 1.17. The number of aryl methyl sites for hydroxylation is 1. The first-order chi connectivity index (χ1) is 14.9. The molecule has 4 rings (SSSR count). The Morgan fingerprint density at radius 2 is 1.94 bits per heavy atom. The fourth-order valence-electron chi connectivity index (χ4n) is 3.86. The van der Waals surface area contributed by atoms with Crippen LogP contribution in [0.4, 0.5) is 8.78 Å². The van der Waals surface area contributed by atoms with E-state index in [1.54, 1.807) is 31.3 Å². The van der Waals surface area contributed by atoms with E-state index in [0.29, 0.717) is 23.8 Å². The molecule has 3 aromatic rings. The van der Waals surface area contributed by atoms with Crippen LogP contribution >= 0.6 is 24.0 Å². The second kappa shape index (κ2) is 10.1. The molecule has 0 radical (unpaired) electrons. The first-order valence-electron chi connectivity index (χ1n) is 9.80. The highest BCUT2D eigenvalue weighted by Gasteiger charge is 2.40. The second-order valence-corrected chi connectivity index (χ2v) is 7.81. The summed E-state index contributed by atoms with van der Waals surface area (Å²) in [6, 6.07) is 16.6. The van der Waals surface area contributed by atoms with Crippen molar-refractivity contribution in [2.75, 3.05) is 13.1 Å². The number of alkyl halides is 2. The van der Waals surface area contributed by atoms with Crippen LogP contribution in [0.2, 0.25) is 5.15 Å². The third-order valence-corrected chi connectivity index (χ3v) is 5.54. The minimum atomic E-state index is -2.89. The van der Waals surface area contributed by atoms with Crippen molar-refractivity contribution in [3.05, 3.63) is 82.6 Å². The van der Waals surface area contributed by atoms with Crippen LogP contribution in [-0.4, -0.2) is 30.9 Å². The number of aromatic nitrogens is 1. The van der Waals surface area contributed by atoms with Gasteiger partial charge in [-0.3, -0.25) is 0 Å². The minimum Gasteiger partial charge on any atom is -0.435 e. The molecule has 0 spiro atoms. The van der Waals surface area contributed by atoms with E-state index in [4.69, 9.17) is 22.1 Å². The molecule has 0 aliphatic carbocycles. The molecule has 3 N–H and O–H groups in total. The van der Waals surface area contributed by atoms with Crippen molar-refractivity contribution in [2.45, 2.75) is 25.4 Å². The van der Waals surface area contributed by atoms with E-state index in [2.05, 4.69) is 15.0 Å². The number of nitrogens with two attached hydrogens (primary N) is 1. The van der Waals surface area contributed by atoms with Gasteiger partial charge in [0.05, 0.1) is 0 Å². The largest absolute Gasteiger partial charge is 0.435 e. The Kier molecular flexibility index (Phi) is 7.69. The summed E-state index contributed by atoms with van der Waals surface area (Å²) in [5.41, 5.74) is 9.35. The van der Waals surface area contributed by atoms with Crippen molar-refractivity contribution in [3.8, 4) is 16.9 Å². The van der Waals surface area contributed by atoms with Crippen LogP contribution in [0, 0.1) is 6.92 Å². The molecular weight excluding hydrogens is 459 g/mol. The Bertz CT molecular complexity index is 1070. The highest BCUT2D eigenvalue weighted by atomic mass is 35.5. The predicted octanol–water partition coefficient (Wildman–Crippen LogP) is 4.88. The zero-order valence-corrected chi connectivity index (χ0v) is 18.8. The maximum absolute atomic E-state index is 12.7. The SMILES string of the molecule is Cc1cc(C2(c3cccc(-c4ccc(Cl)nc4)c3)CNCC(N)O2)ccc1OC(F)F.Cl. The van der Waals surface area contributed by atoms with Crippen molar-refractivity contribution in [1.82, 2.24) is 10.3 Å². The Labute approximate surface area is 196 Å². The molecule has 2 aromatic carbocycles. The molecule has 0 amide bonds.